The van der Waals surface area contributed by atoms with Gasteiger partial charge in [-0.15, -0.1) is 0 Å². The molecule has 58 valence electrons. The molecule has 0 saturated carbocycles. The van der Waals surface area contributed by atoms with Crippen LogP contribution < -0.4 is 5.32 Å². The van der Waals surface area contributed by atoms with Gasteiger partial charge < -0.3 is 10.4 Å². The predicted molar refractivity (Wildman–Crippen MR) is 41.6 cm³/mol. The molecule has 0 aromatic heterocycles. The summed E-state index contributed by atoms with van der Waals surface area (Å²) in [5, 5.41) is 11.4. The van der Waals surface area contributed by atoms with E-state index in [1.807, 2.05) is 27.7 Å². The minimum Gasteiger partial charge on any atom is -0.395 e. The number of aliphatic hydroxyl groups is 1. The lowest BCUT2D eigenvalue weighted by Gasteiger charge is -2.05. The van der Waals surface area contributed by atoms with Crippen molar-refractivity contribution in [1.29, 1.82) is 0 Å². The molecule has 0 aliphatic rings. The van der Waals surface area contributed by atoms with Crippen LogP contribution >= 0.6 is 0 Å². The number of hydrogen-bond acceptors (Lipinski definition) is 2. The summed E-state index contributed by atoms with van der Waals surface area (Å²) in [5.74, 6) is 0. The minimum atomic E-state index is 0.230. The summed E-state index contributed by atoms with van der Waals surface area (Å²) in [7, 11) is 0. The van der Waals surface area contributed by atoms with E-state index in [-0.39, 0.29) is 12.6 Å². The van der Waals surface area contributed by atoms with Crippen molar-refractivity contribution in [3.63, 3.8) is 0 Å². The molecule has 1 atom stereocenters. The SMILES string of the molecule is CC.CCNC(C)CO. The van der Waals surface area contributed by atoms with Crippen LogP contribution in [0.3, 0.4) is 0 Å². The second-order valence-corrected chi connectivity index (χ2v) is 1.64. The molecule has 0 aromatic carbocycles. The van der Waals surface area contributed by atoms with Crippen molar-refractivity contribution in [2.24, 2.45) is 0 Å². The van der Waals surface area contributed by atoms with E-state index in [9.17, 15) is 0 Å². The fourth-order valence-corrected chi connectivity index (χ4v) is 0.413. The fraction of sp³-hybridized carbons (Fsp3) is 1.00. The molecule has 0 aliphatic carbocycles. The monoisotopic (exact) mass is 133 g/mol. The third-order valence-corrected chi connectivity index (χ3v) is 0.826. The zero-order valence-electron chi connectivity index (χ0n) is 6.94. The maximum absolute atomic E-state index is 8.40. The van der Waals surface area contributed by atoms with Gasteiger partial charge in [0.05, 0.1) is 6.61 Å². The fourth-order valence-electron chi connectivity index (χ4n) is 0.413. The summed E-state index contributed by atoms with van der Waals surface area (Å²) >= 11 is 0. The van der Waals surface area contributed by atoms with Crippen LogP contribution in [0.5, 0.6) is 0 Å². The van der Waals surface area contributed by atoms with Crippen molar-refractivity contribution >= 4 is 0 Å². The Balaban J connectivity index is 0. The molecule has 0 fully saturated rings. The van der Waals surface area contributed by atoms with Crippen LogP contribution in [0.2, 0.25) is 0 Å². The molecule has 2 heteroatoms. The van der Waals surface area contributed by atoms with Gasteiger partial charge in [0.1, 0.15) is 0 Å². The second kappa shape index (κ2) is 10.8. The molecule has 1 unspecified atom stereocenters. The minimum absolute atomic E-state index is 0.230. The molecule has 0 bridgehead atoms. The molecule has 0 aliphatic heterocycles. The Hall–Kier alpha value is -0.0800. The molecule has 2 N–H and O–H groups in total. The zero-order chi connectivity index (χ0) is 7.70. The maximum Gasteiger partial charge on any atom is 0.0581 e. The van der Waals surface area contributed by atoms with E-state index in [4.69, 9.17) is 5.11 Å². The predicted octanol–water partition coefficient (Wildman–Crippen LogP) is 1.00. The summed E-state index contributed by atoms with van der Waals surface area (Å²) in [6.45, 7) is 9.13. The van der Waals surface area contributed by atoms with Crippen molar-refractivity contribution < 1.29 is 5.11 Å². The molecule has 0 heterocycles. The van der Waals surface area contributed by atoms with Gasteiger partial charge in [0.2, 0.25) is 0 Å². The smallest absolute Gasteiger partial charge is 0.0581 e. The number of hydrogen-bond donors (Lipinski definition) is 2. The number of likely N-dealkylation sites (N-methyl/N-ethyl adjacent to an activating group) is 1. The Morgan fingerprint density at radius 2 is 1.89 bits per heavy atom. The van der Waals surface area contributed by atoms with Gasteiger partial charge in [0.15, 0.2) is 0 Å². The number of rotatable bonds is 3. The molecule has 0 radical (unpaired) electrons. The molecule has 9 heavy (non-hydrogen) atoms. The molecule has 2 nitrogen and oxygen atoms in total. The molecule has 0 saturated heterocycles. The van der Waals surface area contributed by atoms with Crippen molar-refractivity contribution in [1.82, 2.24) is 5.32 Å². The van der Waals surface area contributed by atoms with Crippen molar-refractivity contribution in [2.45, 2.75) is 33.7 Å². The average Bonchev–Trinajstić information content (AvgIpc) is 1.93. The van der Waals surface area contributed by atoms with Crippen LogP contribution in [0.15, 0.2) is 0 Å². The Morgan fingerprint density at radius 3 is 2.00 bits per heavy atom. The Bertz CT molecular complexity index is 39.9. The van der Waals surface area contributed by atoms with Gasteiger partial charge in [-0.25, -0.2) is 0 Å². The van der Waals surface area contributed by atoms with Gasteiger partial charge in [-0.3, -0.25) is 0 Å². The van der Waals surface area contributed by atoms with Gasteiger partial charge in [-0.2, -0.15) is 0 Å². The van der Waals surface area contributed by atoms with Crippen LogP contribution in [0.1, 0.15) is 27.7 Å². The lowest BCUT2D eigenvalue weighted by Crippen LogP contribution is -2.28. The molecule has 0 spiro atoms. The van der Waals surface area contributed by atoms with Gasteiger partial charge in [-0.05, 0) is 13.5 Å². The normalized spacial score (nSPS) is 11.7. The number of nitrogens with one attached hydrogen (secondary N) is 1. The molecule has 0 amide bonds. The van der Waals surface area contributed by atoms with Crippen LogP contribution in [0, 0.1) is 0 Å². The summed E-state index contributed by atoms with van der Waals surface area (Å²) in [6, 6.07) is 0.255. The first-order valence-electron chi connectivity index (χ1n) is 3.65. The maximum atomic E-state index is 8.40. The highest BCUT2D eigenvalue weighted by Gasteiger charge is 1.91. The quantitative estimate of drug-likeness (QED) is 0.602. The highest BCUT2D eigenvalue weighted by atomic mass is 16.3. The lowest BCUT2D eigenvalue weighted by molar-refractivity contribution is 0.253. The van der Waals surface area contributed by atoms with Gasteiger partial charge in [-0.1, -0.05) is 20.8 Å². The van der Waals surface area contributed by atoms with Crippen molar-refractivity contribution in [2.75, 3.05) is 13.2 Å². The first-order chi connectivity index (χ1) is 4.31. The van der Waals surface area contributed by atoms with Crippen LogP contribution in [0.25, 0.3) is 0 Å². The lowest BCUT2D eigenvalue weighted by atomic mass is 10.4. The zero-order valence-corrected chi connectivity index (χ0v) is 6.94. The molecular weight excluding hydrogens is 114 g/mol. The highest BCUT2D eigenvalue weighted by molar-refractivity contribution is 4.53. The topological polar surface area (TPSA) is 32.3 Å². The average molecular weight is 133 g/mol. The van der Waals surface area contributed by atoms with Gasteiger partial charge in [0, 0.05) is 6.04 Å². The summed E-state index contributed by atoms with van der Waals surface area (Å²) in [6.07, 6.45) is 0. The van der Waals surface area contributed by atoms with Crippen molar-refractivity contribution in [3.8, 4) is 0 Å². The van der Waals surface area contributed by atoms with Crippen LogP contribution in [-0.4, -0.2) is 24.3 Å². The third-order valence-electron chi connectivity index (χ3n) is 0.826. The Labute approximate surface area is 58.3 Å². The van der Waals surface area contributed by atoms with E-state index < -0.39 is 0 Å². The molecular formula is C7H19NO. The molecule has 0 aromatic rings. The standard InChI is InChI=1S/C5H13NO.C2H6/c1-3-6-5(2)4-7;1-2/h5-7H,3-4H2,1-2H3;1-2H3. The summed E-state index contributed by atoms with van der Waals surface area (Å²) < 4.78 is 0. The van der Waals surface area contributed by atoms with Crippen LogP contribution in [0.4, 0.5) is 0 Å². The summed E-state index contributed by atoms with van der Waals surface area (Å²) in [4.78, 5) is 0. The van der Waals surface area contributed by atoms with Crippen molar-refractivity contribution in [3.05, 3.63) is 0 Å². The van der Waals surface area contributed by atoms with Gasteiger partial charge >= 0.3 is 0 Å². The molecule has 0 rings (SSSR count). The van der Waals surface area contributed by atoms with E-state index in [1.165, 1.54) is 0 Å². The summed E-state index contributed by atoms with van der Waals surface area (Å²) in [5.41, 5.74) is 0. The Kier molecular flexibility index (Phi) is 14.0. The van der Waals surface area contributed by atoms with E-state index in [0.29, 0.717) is 0 Å². The first kappa shape index (κ1) is 11.7. The number of aliphatic hydroxyl groups excluding tert-OH is 1. The van der Waals surface area contributed by atoms with Gasteiger partial charge in [0.25, 0.3) is 0 Å². The second-order valence-electron chi connectivity index (χ2n) is 1.64. The third kappa shape index (κ3) is 11.5. The largest absolute Gasteiger partial charge is 0.395 e. The highest BCUT2D eigenvalue weighted by Crippen LogP contribution is 1.73. The Morgan fingerprint density at radius 1 is 1.44 bits per heavy atom. The van der Waals surface area contributed by atoms with E-state index in [2.05, 4.69) is 5.32 Å². The van der Waals surface area contributed by atoms with E-state index in [0.717, 1.165) is 6.54 Å². The first-order valence-corrected chi connectivity index (χ1v) is 3.65. The van der Waals surface area contributed by atoms with E-state index in [1.54, 1.807) is 0 Å². The van der Waals surface area contributed by atoms with E-state index >= 15 is 0 Å². The van der Waals surface area contributed by atoms with Crippen LogP contribution in [-0.2, 0) is 0 Å².